The molecule has 0 saturated carbocycles. The zero-order valence-electron chi connectivity index (χ0n) is 16.2. The van der Waals surface area contributed by atoms with E-state index in [0.29, 0.717) is 38.2 Å². The van der Waals surface area contributed by atoms with E-state index in [1.165, 1.54) is 0 Å². The van der Waals surface area contributed by atoms with Crippen LogP contribution in [-0.4, -0.2) is 58.3 Å². The van der Waals surface area contributed by atoms with Gasteiger partial charge in [0.25, 0.3) is 5.91 Å². The molecule has 2 atom stereocenters. The van der Waals surface area contributed by atoms with Gasteiger partial charge in [-0.1, -0.05) is 0 Å². The van der Waals surface area contributed by atoms with E-state index in [1.54, 1.807) is 18.5 Å². The largest absolute Gasteiger partial charge is 0.468 e. The normalized spacial score (nSPS) is 20.0. The molecule has 2 N–H and O–H groups in total. The van der Waals surface area contributed by atoms with Crippen molar-refractivity contribution in [1.82, 2.24) is 20.1 Å². The number of aromatic amines is 1. The molecule has 3 rings (SSSR count). The van der Waals surface area contributed by atoms with Crippen LogP contribution in [0.15, 0.2) is 35.1 Å². The van der Waals surface area contributed by atoms with Gasteiger partial charge < -0.3 is 19.6 Å². The van der Waals surface area contributed by atoms with Gasteiger partial charge in [0.1, 0.15) is 5.76 Å². The van der Waals surface area contributed by atoms with Crippen molar-refractivity contribution in [1.29, 1.82) is 0 Å². The molecular formula is C20H28N4O3. The highest BCUT2D eigenvalue weighted by Gasteiger charge is 2.39. The van der Waals surface area contributed by atoms with Gasteiger partial charge in [0.05, 0.1) is 24.4 Å². The van der Waals surface area contributed by atoms with Crippen molar-refractivity contribution in [3.8, 4) is 0 Å². The number of aromatic nitrogens is 1. The summed E-state index contributed by atoms with van der Waals surface area (Å²) in [5, 5.41) is 3.09. The van der Waals surface area contributed by atoms with Gasteiger partial charge in [0, 0.05) is 37.6 Å². The zero-order chi connectivity index (χ0) is 19.4. The van der Waals surface area contributed by atoms with Crippen LogP contribution >= 0.6 is 0 Å². The van der Waals surface area contributed by atoms with Crippen LogP contribution in [0.4, 0.5) is 0 Å². The number of H-pyrrole nitrogens is 1. The number of nitrogens with zero attached hydrogens (tertiary/aromatic N) is 2. The molecule has 1 aliphatic rings. The fourth-order valence-corrected chi connectivity index (χ4v) is 3.75. The first-order valence-corrected chi connectivity index (χ1v) is 9.53. The molecule has 27 heavy (non-hydrogen) atoms. The molecular weight excluding hydrogens is 344 g/mol. The molecule has 2 aromatic rings. The highest BCUT2D eigenvalue weighted by atomic mass is 16.3. The number of likely N-dealkylation sites (N-methyl/N-ethyl adjacent to an activating group) is 1. The molecule has 1 fully saturated rings. The smallest absolute Gasteiger partial charge is 0.253 e. The number of hydrogen-bond donors (Lipinski definition) is 2. The molecule has 7 nitrogen and oxygen atoms in total. The van der Waals surface area contributed by atoms with E-state index in [-0.39, 0.29) is 23.9 Å². The van der Waals surface area contributed by atoms with Crippen molar-refractivity contribution in [2.45, 2.75) is 45.8 Å². The summed E-state index contributed by atoms with van der Waals surface area (Å²) < 4.78 is 5.47. The lowest BCUT2D eigenvalue weighted by Gasteiger charge is -2.28. The fraction of sp³-hybridized carbons (Fsp3) is 0.500. The molecule has 0 radical (unpaired) electrons. The van der Waals surface area contributed by atoms with Gasteiger partial charge in [0.15, 0.2) is 0 Å². The Bertz CT molecular complexity index is 764. The quantitative estimate of drug-likeness (QED) is 0.780. The number of aryl methyl sites for hydroxylation is 1. The summed E-state index contributed by atoms with van der Waals surface area (Å²) in [5.74, 6) is 0.828. The van der Waals surface area contributed by atoms with Crippen LogP contribution in [0.5, 0.6) is 0 Å². The maximum absolute atomic E-state index is 13.0. The average molecular weight is 372 g/mol. The molecule has 0 spiro atoms. The Kier molecular flexibility index (Phi) is 6.01. The lowest BCUT2D eigenvalue weighted by Crippen LogP contribution is -2.45. The number of furan rings is 1. The third kappa shape index (κ3) is 4.24. The van der Waals surface area contributed by atoms with Gasteiger partial charge in [-0.05, 0) is 45.4 Å². The summed E-state index contributed by atoms with van der Waals surface area (Å²) in [6.07, 6.45) is 4.00. The average Bonchev–Trinajstić information content (AvgIpc) is 3.38. The summed E-state index contributed by atoms with van der Waals surface area (Å²) in [5.41, 5.74) is 1.49. The lowest BCUT2D eigenvalue weighted by atomic mass is 10.1. The Labute approximate surface area is 159 Å². The Hall–Kier alpha value is -2.54. The van der Waals surface area contributed by atoms with Crippen LogP contribution in [0.3, 0.4) is 0 Å². The second-order valence-electron chi connectivity index (χ2n) is 6.96. The third-order valence-electron chi connectivity index (χ3n) is 5.24. The summed E-state index contributed by atoms with van der Waals surface area (Å²) in [4.78, 5) is 32.5. The summed E-state index contributed by atoms with van der Waals surface area (Å²) in [6.45, 7) is 8.38. The summed E-state index contributed by atoms with van der Waals surface area (Å²) in [6, 6.07) is 5.20. The highest BCUT2D eigenvalue weighted by Crippen LogP contribution is 2.23. The molecule has 2 amide bonds. The maximum atomic E-state index is 13.0. The molecule has 0 aliphatic carbocycles. The second-order valence-corrected chi connectivity index (χ2v) is 6.96. The molecule has 1 saturated heterocycles. The molecule has 0 aromatic carbocycles. The Morgan fingerprint density at radius 3 is 2.70 bits per heavy atom. The molecule has 7 heteroatoms. The minimum Gasteiger partial charge on any atom is -0.468 e. The lowest BCUT2D eigenvalue weighted by molar-refractivity contribution is -0.135. The molecule has 146 valence electrons. The Balaban J connectivity index is 1.73. The van der Waals surface area contributed by atoms with Crippen molar-refractivity contribution in [3.63, 3.8) is 0 Å². The topological polar surface area (TPSA) is 81.6 Å². The number of carbonyl (C=O) groups excluding carboxylic acids is 2. The minimum absolute atomic E-state index is 0.0775. The van der Waals surface area contributed by atoms with Crippen molar-refractivity contribution in [3.05, 3.63) is 47.7 Å². The van der Waals surface area contributed by atoms with Gasteiger partial charge in [-0.2, -0.15) is 0 Å². The van der Waals surface area contributed by atoms with Crippen molar-refractivity contribution < 1.29 is 14.0 Å². The van der Waals surface area contributed by atoms with E-state index >= 15 is 0 Å². The van der Waals surface area contributed by atoms with Crippen molar-refractivity contribution >= 4 is 11.8 Å². The highest BCUT2D eigenvalue weighted by molar-refractivity contribution is 5.95. The van der Waals surface area contributed by atoms with Crippen LogP contribution in [0.25, 0.3) is 0 Å². The minimum atomic E-state index is -0.257. The first-order valence-electron chi connectivity index (χ1n) is 9.53. The van der Waals surface area contributed by atoms with E-state index in [0.717, 1.165) is 11.5 Å². The molecule has 0 bridgehead atoms. The van der Waals surface area contributed by atoms with Crippen LogP contribution in [0, 0.1) is 6.92 Å². The number of amides is 2. The predicted octanol–water partition coefficient (Wildman–Crippen LogP) is 2.16. The van der Waals surface area contributed by atoms with E-state index < -0.39 is 0 Å². The SMILES string of the molecule is CCN(CC)C(=O)C1CC(NC(=O)c2cc[nH]c2C)CN1Cc1ccco1. The first kappa shape index (κ1) is 19.2. The van der Waals surface area contributed by atoms with Crippen LogP contribution in [0.1, 0.15) is 42.1 Å². The van der Waals surface area contributed by atoms with Gasteiger partial charge in [-0.3, -0.25) is 14.5 Å². The summed E-state index contributed by atoms with van der Waals surface area (Å²) in [7, 11) is 0. The van der Waals surface area contributed by atoms with Gasteiger partial charge in [-0.15, -0.1) is 0 Å². The summed E-state index contributed by atoms with van der Waals surface area (Å²) >= 11 is 0. The number of rotatable bonds is 7. The van der Waals surface area contributed by atoms with Gasteiger partial charge in [0.2, 0.25) is 5.91 Å². The second kappa shape index (κ2) is 8.43. The van der Waals surface area contributed by atoms with E-state index in [9.17, 15) is 9.59 Å². The van der Waals surface area contributed by atoms with E-state index in [1.807, 2.05) is 37.8 Å². The van der Waals surface area contributed by atoms with E-state index in [2.05, 4.69) is 15.2 Å². The third-order valence-corrected chi connectivity index (χ3v) is 5.24. The van der Waals surface area contributed by atoms with Gasteiger partial charge in [-0.25, -0.2) is 0 Å². The molecule has 3 heterocycles. The Morgan fingerprint density at radius 2 is 2.11 bits per heavy atom. The van der Waals surface area contributed by atoms with E-state index in [4.69, 9.17) is 4.42 Å². The number of nitrogens with one attached hydrogen (secondary N) is 2. The zero-order valence-corrected chi connectivity index (χ0v) is 16.2. The Morgan fingerprint density at radius 1 is 1.33 bits per heavy atom. The van der Waals surface area contributed by atoms with Gasteiger partial charge >= 0.3 is 0 Å². The van der Waals surface area contributed by atoms with Crippen molar-refractivity contribution in [2.75, 3.05) is 19.6 Å². The standard InChI is InChI=1S/C20H28N4O3/c1-4-23(5-2)20(26)18-11-15(12-24(18)13-16-7-6-10-27-16)22-19(25)17-8-9-21-14(17)3/h6-10,15,18,21H,4-5,11-13H2,1-3H3,(H,22,25). The molecule has 2 unspecified atom stereocenters. The van der Waals surface area contributed by atoms with Crippen LogP contribution in [0.2, 0.25) is 0 Å². The van der Waals surface area contributed by atoms with Crippen molar-refractivity contribution in [2.24, 2.45) is 0 Å². The fourth-order valence-electron chi connectivity index (χ4n) is 3.75. The number of hydrogen-bond acceptors (Lipinski definition) is 4. The van der Waals surface area contributed by atoms with Crippen LogP contribution < -0.4 is 5.32 Å². The monoisotopic (exact) mass is 372 g/mol. The maximum Gasteiger partial charge on any atom is 0.253 e. The molecule has 1 aliphatic heterocycles. The predicted molar refractivity (Wildman–Crippen MR) is 102 cm³/mol. The molecule has 2 aromatic heterocycles. The van der Waals surface area contributed by atoms with Crippen LogP contribution in [-0.2, 0) is 11.3 Å². The number of carbonyl (C=O) groups is 2. The number of likely N-dealkylation sites (tertiary alicyclic amines) is 1. The first-order chi connectivity index (χ1) is 13.0.